The first-order chi connectivity index (χ1) is 21.1. The molecule has 3 aromatic rings. The maximum atomic E-state index is 14.3. The number of rotatable bonds is 13. The number of hydrogen-bond donors (Lipinski definition) is 1. The number of benzene rings is 3. The first kappa shape index (κ1) is 35.9. The molecule has 0 saturated heterocycles. The molecule has 0 heterocycles. The minimum atomic E-state index is -4.66. The molecular weight excluding hydrogens is 667 g/mol. The Hall–Kier alpha value is -3.58. The van der Waals surface area contributed by atoms with E-state index in [0.29, 0.717) is 10.6 Å². The summed E-state index contributed by atoms with van der Waals surface area (Å²) in [6.07, 6.45) is 0.197. The second-order valence-electron chi connectivity index (χ2n) is 10.4. The zero-order valence-corrected chi connectivity index (χ0v) is 28.3. The number of aryl methyl sites for hydroxylation is 1. The number of carbonyl (C=O) groups is 2. The Labute approximate surface area is 277 Å². The van der Waals surface area contributed by atoms with Crippen molar-refractivity contribution in [1.82, 2.24) is 10.2 Å². The van der Waals surface area contributed by atoms with Gasteiger partial charge in [0, 0.05) is 29.2 Å². The Morgan fingerprint density at radius 3 is 2.29 bits per heavy atom. The van der Waals surface area contributed by atoms with E-state index in [1.807, 2.05) is 0 Å². The van der Waals surface area contributed by atoms with Gasteiger partial charge in [0.2, 0.25) is 11.8 Å². The summed E-state index contributed by atoms with van der Waals surface area (Å²) in [5.41, 5.74) is 0.280. The van der Waals surface area contributed by atoms with Crippen LogP contribution in [0, 0.1) is 17.0 Å². The molecule has 0 unspecified atom stereocenters. The molecule has 45 heavy (non-hydrogen) atoms. The number of hydrogen-bond acceptors (Lipinski definition) is 7. The van der Waals surface area contributed by atoms with Crippen molar-refractivity contribution in [3.05, 3.63) is 90.9 Å². The van der Waals surface area contributed by atoms with Crippen molar-refractivity contribution in [2.45, 2.75) is 57.6 Å². The summed E-state index contributed by atoms with van der Waals surface area (Å²) in [7, 11) is -3.34. The van der Waals surface area contributed by atoms with Crippen LogP contribution in [0.5, 0.6) is 5.75 Å². The fourth-order valence-electron chi connectivity index (χ4n) is 4.58. The third-order valence-corrected chi connectivity index (χ3v) is 9.54. The van der Waals surface area contributed by atoms with Crippen LogP contribution in [0.25, 0.3) is 0 Å². The Morgan fingerprint density at radius 2 is 1.71 bits per heavy atom. The molecule has 0 aliphatic rings. The van der Waals surface area contributed by atoms with E-state index in [4.69, 9.17) is 39.5 Å². The number of ether oxygens (including phenoxy) is 1. The molecule has 1 atom stereocenters. The molecule has 242 valence electrons. The molecule has 0 fully saturated rings. The number of nitro groups is 1. The van der Waals surface area contributed by atoms with Gasteiger partial charge < -0.3 is 15.0 Å². The number of nitrogens with zero attached hydrogens (tertiary/aromatic N) is 3. The van der Waals surface area contributed by atoms with Crippen LogP contribution in [0.15, 0.2) is 59.5 Å². The van der Waals surface area contributed by atoms with Crippen molar-refractivity contribution in [2.75, 3.05) is 18.0 Å². The van der Waals surface area contributed by atoms with Gasteiger partial charge >= 0.3 is 0 Å². The molecule has 1 N–H and O–H groups in total. The van der Waals surface area contributed by atoms with Crippen LogP contribution in [-0.4, -0.2) is 55.8 Å². The van der Waals surface area contributed by atoms with Gasteiger partial charge in [0.05, 0.1) is 32.7 Å². The Kier molecular flexibility index (Phi) is 12.1. The maximum Gasteiger partial charge on any atom is 0.273 e. The second kappa shape index (κ2) is 15.1. The molecule has 3 aromatic carbocycles. The maximum absolute atomic E-state index is 14.3. The fourth-order valence-corrected chi connectivity index (χ4v) is 6.50. The van der Waals surface area contributed by atoms with Crippen LogP contribution in [-0.2, 0) is 26.2 Å². The molecule has 0 aliphatic heterocycles. The van der Waals surface area contributed by atoms with Crippen molar-refractivity contribution < 1.29 is 27.7 Å². The lowest BCUT2D eigenvalue weighted by Crippen LogP contribution is -2.53. The first-order valence-corrected chi connectivity index (χ1v) is 16.3. The van der Waals surface area contributed by atoms with E-state index >= 15 is 0 Å². The van der Waals surface area contributed by atoms with Crippen LogP contribution in [0.1, 0.15) is 38.3 Å². The number of carbonyl (C=O) groups excluding carboxylic acids is 2. The van der Waals surface area contributed by atoms with Gasteiger partial charge in [-0.2, -0.15) is 0 Å². The third-order valence-electron chi connectivity index (χ3n) is 6.81. The summed E-state index contributed by atoms with van der Waals surface area (Å²) in [5, 5.41) is 15.1. The smallest absolute Gasteiger partial charge is 0.273 e. The van der Waals surface area contributed by atoms with E-state index in [9.17, 15) is 28.1 Å². The van der Waals surface area contributed by atoms with E-state index in [1.54, 1.807) is 39.0 Å². The summed E-state index contributed by atoms with van der Waals surface area (Å²) < 4.78 is 34.7. The first-order valence-electron chi connectivity index (χ1n) is 13.8. The largest absolute Gasteiger partial charge is 0.495 e. The van der Waals surface area contributed by atoms with Gasteiger partial charge in [0.15, 0.2) is 0 Å². The minimum Gasteiger partial charge on any atom is -0.495 e. The summed E-state index contributed by atoms with van der Waals surface area (Å²) in [4.78, 5) is 39.4. The van der Waals surface area contributed by atoms with E-state index < -0.39 is 49.9 Å². The lowest BCUT2D eigenvalue weighted by Gasteiger charge is -2.34. The number of methoxy groups -OCH3 is 1. The van der Waals surface area contributed by atoms with Gasteiger partial charge in [0.25, 0.3) is 15.7 Å². The monoisotopic (exact) mass is 698 g/mol. The number of nitro benzene ring substituents is 1. The molecule has 0 aliphatic carbocycles. The van der Waals surface area contributed by atoms with Crippen molar-refractivity contribution in [3.8, 4) is 5.75 Å². The van der Waals surface area contributed by atoms with Crippen molar-refractivity contribution in [3.63, 3.8) is 0 Å². The lowest BCUT2D eigenvalue weighted by molar-refractivity contribution is -0.385. The van der Waals surface area contributed by atoms with Crippen molar-refractivity contribution in [1.29, 1.82) is 0 Å². The molecule has 0 spiro atoms. The average Bonchev–Trinajstić information content (AvgIpc) is 2.96. The van der Waals surface area contributed by atoms with Crippen LogP contribution < -0.4 is 14.4 Å². The second-order valence-corrected chi connectivity index (χ2v) is 13.5. The van der Waals surface area contributed by atoms with Gasteiger partial charge in [0.1, 0.15) is 18.3 Å². The zero-order chi connectivity index (χ0) is 33.6. The molecule has 0 bridgehead atoms. The fraction of sp³-hybridized carbons (Fsp3) is 0.333. The molecule has 0 aromatic heterocycles. The number of amides is 2. The van der Waals surface area contributed by atoms with Crippen LogP contribution in [0.3, 0.4) is 0 Å². The summed E-state index contributed by atoms with van der Waals surface area (Å²) in [6, 6.07) is 11.2. The topological polar surface area (TPSA) is 139 Å². The standard InChI is InChI=1S/C30H33Cl3N4O7S/c1-6-25(30(39)34-18(2)3)35(16-20-8-11-23(32)24(33)13-20)29(38)17-36(27-14-21(31)9-12-28(27)44-5)45(42,43)22-10-7-19(4)26(15-22)37(40)41/h7-15,18,25H,6,16-17H2,1-5H3,(H,34,39)/t25-/m1/s1. The number of anilines is 1. The van der Waals surface area contributed by atoms with E-state index in [1.165, 1.54) is 49.3 Å². The van der Waals surface area contributed by atoms with Crippen LogP contribution >= 0.6 is 34.8 Å². The van der Waals surface area contributed by atoms with Gasteiger partial charge in [-0.15, -0.1) is 0 Å². The molecule has 3 rings (SSSR count). The Balaban J connectivity index is 2.20. The van der Waals surface area contributed by atoms with Crippen LogP contribution in [0.2, 0.25) is 15.1 Å². The summed E-state index contributed by atoms with van der Waals surface area (Å²) in [6.45, 7) is 5.82. The molecule has 2 amide bonds. The van der Waals surface area contributed by atoms with E-state index in [0.717, 1.165) is 10.4 Å². The van der Waals surface area contributed by atoms with E-state index in [-0.39, 0.29) is 46.1 Å². The normalized spacial score (nSPS) is 12.0. The predicted molar refractivity (Wildman–Crippen MR) is 175 cm³/mol. The number of nitrogens with one attached hydrogen (secondary N) is 1. The highest BCUT2D eigenvalue weighted by Crippen LogP contribution is 2.36. The molecule has 0 radical (unpaired) electrons. The summed E-state index contributed by atoms with van der Waals surface area (Å²) >= 11 is 18.6. The molecule has 11 nitrogen and oxygen atoms in total. The molecular formula is C30H33Cl3N4O7S. The molecule has 15 heteroatoms. The third kappa shape index (κ3) is 8.57. The quantitative estimate of drug-likeness (QED) is 0.161. The Bertz CT molecular complexity index is 1700. The van der Waals surface area contributed by atoms with Gasteiger partial charge in [-0.25, -0.2) is 8.42 Å². The SMILES string of the molecule is CC[C@H](C(=O)NC(C)C)N(Cc1ccc(Cl)c(Cl)c1)C(=O)CN(c1cc(Cl)ccc1OC)S(=O)(=O)c1ccc(C)c([N+](=O)[O-])c1. The van der Waals surface area contributed by atoms with Gasteiger partial charge in [-0.1, -0.05) is 53.9 Å². The number of halogens is 3. The highest BCUT2D eigenvalue weighted by atomic mass is 35.5. The van der Waals surface area contributed by atoms with Crippen molar-refractivity contribution >= 4 is 68.0 Å². The number of sulfonamides is 1. The van der Waals surface area contributed by atoms with E-state index in [2.05, 4.69) is 5.32 Å². The highest BCUT2D eigenvalue weighted by molar-refractivity contribution is 7.92. The van der Waals surface area contributed by atoms with Crippen LogP contribution in [0.4, 0.5) is 11.4 Å². The van der Waals surface area contributed by atoms with Gasteiger partial charge in [-0.3, -0.25) is 24.0 Å². The minimum absolute atomic E-state index is 0.0676. The van der Waals surface area contributed by atoms with Gasteiger partial charge in [-0.05, 0) is 69.2 Å². The zero-order valence-electron chi connectivity index (χ0n) is 25.2. The average molecular weight is 700 g/mol. The Morgan fingerprint density at radius 1 is 1.02 bits per heavy atom. The summed E-state index contributed by atoms with van der Waals surface area (Å²) in [5.74, 6) is -1.12. The lowest BCUT2D eigenvalue weighted by atomic mass is 10.1. The predicted octanol–water partition coefficient (Wildman–Crippen LogP) is 6.40. The van der Waals surface area contributed by atoms with Crippen molar-refractivity contribution in [2.24, 2.45) is 0 Å². The molecule has 0 saturated carbocycles. The highest BCUT2D eigenvalue weighted by Gasteiger charge is 2.36.